The second kappa shape index (κ2) is 5.23. The van der Waals surface area contributed by atoms with Crippen LogP contribution in [0.4, 0.5) is 0 Å². The number of carbonyl (C=O) groups excluding carboxylic acids is 1. The van der Waals surface area contributed by atoms with Crippen molar-refractivity contribution >= 4 is 16.9 Å². The van der Waals surface area contributed by atoms with Crippen LogP contribution in [0.15, 0.2) is 24.3 Å². The molecule has 5 nitrogen and oxygen atoms in total. The van der Waals surface area contributed by atoms with Crippen LogP contribution >= 0.6 is 0 Å². The van der Waals surface area contributed by atoms with Gasteiger partial charge in [0.2, 0.25) is 5.91 Å². The Morgan fingerprint density at radius 1 is 1.40 bits per heavy atom. The zero-order valence-electron chi connectivity index (χ0n) is 12.0. The molecule has 1 fully saturated rings. The Kier molecular flexibility index (Phi) is 3.42. The number of fused-ring (bicyclic) bond motifs is 1. The largest absolute Gasteiger partial charge is 0.338 e. The number of amides is 1. The van der Waals surface area contributed by atoms with Crippen LogP contribution in [0.25, 0.3) is 11.0 Å². The summed E-state index contributed by atoms with van der Waals surface area (Å²) in [5.74, 6) is 0.306. The quantitative estimate of drug-likeness (QED) is 0.859. The maximum Gasteiger partial charge on any atom is 0.225 e. The van der Waals surface area contributed by atoms with Crippen molar-refractivity contribution in [1.82, 2.24) is 19.9 Å². The van der Waals surface area contributed by atoms with Crippen molar-refractivity contribution in [2.45, 2.75) is 39.3 Å². The second-order valence-electron chi connectivity index (χ2n) is 5.74. The van der Waals surface area contributed by atoms with E-state index in [0.717, 1.165) is 37.0 Å². The van der Waals surface area contributed by atoms with Gasteiger partial charge < -0.3 is 4.90 Å². The number of carbonyl (C=O) groups is 1. The number of hydrogen-bond acceptors (Lipinski definition) is 3. The molecule has 0 bridgehead atoms. The van der Waals surface area contributed by atoms with Crippen LogP contribution in [0, 0.1) is 5.92 Å². The molecule has 1 aromatic heterocycles. The average Bonchev–Trinajstić information content (AvgIpc) is 3.06. The van der Waals surface area contributed by atoms with Crippen molar-refractivity contribution < 1.29 is 4.79 Å². The summed E-state index contributed by atoms with van der Waals surface area (Å²) >= 11 is 0. The molecule has 1 aliphatic rings. The number of likely N-dealkylation sites (tertiary alicyclic amines) is 1. The molecule has 1 aromatic carbocycles. The minimum absolute atomic E-state index is 0.0584. The number of nitrogens with zero attached hydrogens (tertiary/aromatic N) is 4. The zero-order valence-corrected chi connectivity index (χ0v) is 12.0. The van der Waals surface area contributed by atoms with Crippen molar-refractivity contribution in [1.29, 1.82) is 0 Å². The highest BCUT2D eigenvalue weighted by Gasteiger charge is 2.30. The van der Waals surface area contributed by atoms with Crippen LogP contribution in [0.1, 0.15) is 26.7 Å². The lowest BCUT2D eigenvalue weighted by atomic mass is 10.1. The molecule has 0 N–H and O–H groups in total. The summed E-state index contributed by atoms with van der Waals surface area (Å²) in [6, 6.07) is 8.19. The summed E-state index contributed by atoms with van der Waals surface area (Å²) in [5, 5.41) is 8.40. The Labute approximate surface area is 118 Å². The molecule has 1 aliphatic heterocycles. The normalized spacial score (nSPS) is 19.1. The van der Waals surface area contributed by atoms with Crippen LogP contribution in [0.5, 0.6) is 0 Å². The Morgan fingerprint density at radius 2 is 2.20 bits per heavy atom. The van der Waals surface area contributed by atoms with E-state index in [9.17, 15) is 4.79 Å². The Morgan fingerprint density at radius 3 is 3.00 bits per heavy atom. The van der Waals surface area contributed by atoms with Crippen LogP contribution in [0.2, 0.25) is 0 Å². The summed E-state index contributed by atoms with van der Waals surface area (Å²) in [4.78, 5) is 14.2. The van der Waals surface area contributed by atoms with Gasteiger partial charge in [-0.25, -0.2) is 4.68 Å². The molecule has 3 rings (SSSR count). The van der Waals surface area contributed by atoms with Crippen molar-refractivity contribution in [3.63, 3.8) is 0 Å². The Hall–Kier alpha value is -1.91. The average molecular weight is 272 g/mol. The van der Waals surface area contributed by atoms with E-state index in [1.807, 2.05) is 47.7 Å². The molecule has 0 aliphatic carbocycles. The third-order valence-corrected chi connectivity index (χ3v) is 3.96. The van der Waals surface area contributed by atoms with E-state index in [1.54, 1.807) is 0 Å². The maximum atomic E-state index is 12.2. The van der Waals surface area contributed by atoms with Crippen molar-refractivity contribution in [2.24, 2.45) is 5.92 Å². The summed E-state index contributed by atoms with van der Waals surface area (Å²) < 4.78 is 1.92. The molecule has 0 unspecified atom stereocenters. The van der Waals surface area contributed by atoms with E-state index in [4.69, 9.17) is 0 Å². The van der Waals surface area contributed by atoms with Gasteiger partial charge in [-0.2, -0.15) is 0 Å². The van der Waals surface area contributed by atoms with Gasteiger partial charge in [0.15, 0.2) is 0 Å². The summed E-state index contributed by atoms with van der Waals surface area (Å²) in [6.45, 7) is 5.53. The molecular weight excluding hydrogens is 252 g/mol. The lowest BCUT2D eigenvalue weighted by Gasteiger charge is -2.26. The Bertz CT molecular complexity index is 619. The van der Waals surface area contributed by atoms with Gasteiger partial charge in [0.05, 0.1) is 18.1 Å². The molecule has 1 amide bonds. The van der Waals surface area contributed by atoms with Crippen LogP contribution in [0.3, 0.4) is 0 Å². The molecule has 106 valence electrons. The van der Waals surface area contributed by atoms with Gasteiger partial charge in [-0.05, 0) is 25.0 Å². The predicted octanol–water partition coefficient (Wildman–Crippen LogP) is 2.08. The van der Waals surface area contributed by atoms with E-state index in [0.29, 0.717) is 0 Å². The molecule has 20 heavy (non-hydrogen) atoms. The number of hydrogen-bond donors (Lipinski definition) is 0. The highest BCUT2D eigenvalue weighted by atomic mass is 16.2. The van der Waals surface area contributed by atoms with Gasteiger partial charge in [-0.1, -0.05) is 31.2 Å². The van der Waals surface area contributed by atoms with Gasteiger partial charge in [-0.15, -0.1) is 5.10 Å². The first-order valence-electron chi connectivity index (χ1n) is 7.25. The van der Waals surface area contributed by atoms with Crippen molar-refractivity contribution in [2.75, 3.05) is 6.54 Å². The fraction of sp³-hybridized carbons (Fsp3) is 0.533. The smallest absolute Gasteiger partial charge is 0.225 e. The fourth-order valence-corrected chi connectivity index (χ4v) is 2.90. The first-order chi connectivity index (χ1) is 9.66. The number of aromatic nitrogens is 3. The second-order valence-corrected chi connectivity index (χ2v) is 5.74. The molecule has 5 heteroatoms. The Balaban J connectivity index is 1.81. The minimum atomic E-state index is 0.0584. The van der Waals surface area contributed by atoms with Crippen molar-refractivity contribution in [3.05, 3.63) is 24.3 Å². The summed E-state index contributed by atoms with van der Waals surface area (Å²) in [5.41, 5.74) is 1.95. The molecule has 0 spiro atoms. The summed E-state index contributed by atoms with van der Waals surface area (Å²) in [6.07, 6.45) is 2.13. The molecule has 2 aromatic rings. The first-order valence-corrected chi connectivity index (χ1v) is 7.25. The molecule has 0 saturated carbocycles. The fourth-order valence-electron chi connectivity index (χ4n) is 2.90. The highest BCUT2D eigenvalue weighted by Crippen LogP contribution is 2.22. The van der Waals surface area contributed by atoms with E-state index >= 15 is 0 Å². The van der Waals surface area contributed by atoms with Crippen molar-refractivity contribution in [3.8, 4) is 0 Å². The van der Waals surface area contributed by atoms with Gasteiger partial charge in [0.1, 0.15) is 5.52 Å². The molecule has 1 saturated heterocycles. The first kappa shape index (κ1) is 13.1. The topological polar surface area (TPSA) is 51.0 Å². The molecule has 1 atom stereocenters. The molecule has 2 heterocycles. The van der Waals surface area contributed by atoms with Gasteiger partial charge >= 0.3 is 0 Å². The lowest BCUT2D eigenvalue weighted by Crippen LogP contribution is -2.40. The number of para-hydroxylation sites is 1. The van der Waals surface area contributed by atoms with E-state index in [2.05, 4.69) is 10.3 Å². The highest BCUT2D eigenvalue weighted by molar-refractivity contribution is 5.78. The SMILES string of the molecule is CC(C)C(=O)N1CCC[C@@H]1Cn1nnc2ccccc21. The van der Waals surface area contributed by atoms with E-state index < -0.39 is 0 Å². The third-order valence-electron chi connectivity index (χ3n) is 3.96. The standard InChI is InChI=1S/C15H20N4O/c1-11(2)15(20)18-9-5-6-12(18)10-19-14-8-4-3-7-13(14)16-17-19/h3-4,7-8,11-12H,5-6,9-10H2,1-2H3/t12-/m1/s1. The summed E-state index contributed by atoms with van der Waals surface area (Å²) in [7, 11) is 0. The van der Waals surface area contributed by atoms with E-state index in [1.165, 1.54) is 0 Å². The van der Waals surface area contributed by atoms with Crippen LogP contribution < -0.4 is 0 Å². The van der Waals surface area contributed by atoms with Gasteiger partial charge in [0, 0.05) is 12.5 Å². The third kappa shape index (κ3) is 2.28. The van der Waals surface area contributed by atoms with Crippen LogP contribution in [-0.2, 0) is 11.3 Å². The van der Waals surface area contributed by atoms with Crippen LogP contribution in [-0.4, -0.2) is 38.4 Å². The number of benzene rings is 1. The molecular formula is C15H20N4O. The predicted molar refractivity (Wildman–Crippen MR) is 77.1 cm³/mol. The van der Waals surface area contributed by atoms with Gasteiger partial charge in [-0.3, -0.25) is 4.79 Å². The maximum absolute atomic E-state index is 12.2. The monoisotopic (exact) mass is 272 g/mol. The minimum Gasteiger partial charge on any atom is -0.338 e. The van der Waals surface area contributed by atoms with E-state index in [-0.39, 0.29) is 17.9 Å². The van der Waals surface area contributed by atoms with Gasteiger partial charge in [0.25, 0.3) is 0 Å². The molecule has 0 radical (unpaired) electrons. The number of rotatable bonds is 3. The zero-order chi connectivity index (χ0) is 14.1. The lowest BCUT2D eigenvalue weighted by molar-refractivity contribution is -0.135.